The number of thiocarbonyl (C=S) groups is 1. The molecule has 146 valence electrons. The number of amides is 1. The van der Waals surface area contributed by atoms with Gasteiger partial charge in [-0.05, 0) is 72.4 Å². The molecule has 0 unspecified atom stereocenters. The molecule has 0 heterocycles. The monoisotopic (exact) mass is 403 g/mol. The smallest absolute Gasteiger partial charge is 0.250 e. The molecule has 0 aliphatic heterocycles. The average Bonchev–Trinajstić information content (AvgIpc) is 2.75. The topological polar surface area (TPSA) is 62.4 Å². The summed E-state index contributed by atoms with van der Waals surface area (Å²) in [4.78, 5) is 12.0. The summed E-state index contributed by atoms with van der Waals surface area (Å²) >= 11 is 5.20. The van der Waals surface area contributed by atoms with Gasteiger partial charge in [0.2, 0.25) is 5.91 Å². The van der Waals surface area contributed by atoms with Gasteiger partial charge >= 0.3 is 0 Å². The van der Waals surface area contributed by atoms with Crippen LogP contribution in [-0.4, -0.2) is 18.1 Å². The Labute approximate surface area is 175 Å². The molecule has 0 aliphatic carbocycles. The molecule has 0 fully saturated rings. The fraction of sp³-hybridized carbons (Fsp3) is 0.0435. The van der Waals surface area contributed by atoms with E-state index < -0.39 is 0 Å². The fourth-order valence-electron chi connectivity index (χ4n) is 2.53. The predicted octanol–water partition coefficient (Wildman–Crippen LogP) is 4.97. The van der Waals surface area contributed by atoms with Crippen molar-refractivity contribution < 1.29 is 9.53 Å². The van der Waals surface area contributed by atoms with Crippen molar-refractivity contribution in [2.75, 3.05) is 17.7 Å². The summed E-state index contributed by atoms with van der Waals surface area (Å²) in [6.07, 6.45) is 3.14. The molecule has 29 heavy (non-hydrogen) atoms. The Kier molecular flexibility index (Phi) is 6.97. The van der Waals surface area contributed by atoms with Crippen LogP contribution >= 0.6 is 12.2 Å². The molecule has 0 aromatic heterocycles. The van der Waals surface area contributed by atoms with Gasteiger partial charge in [-0.2, -0.15) is 0 Å². The Bertz CT molecular complexity index is 985. The van der Waals surface area contributed by atoms with Crippen molar-refractivity contribution in [3.63, 3.8) is 0 Å². The molecule has 5 nitrogen and oxygen atoms in total. The Morgan fingerprint density at radius 1 is 0.862 bits per heavy atom. The maximum atomic E-state index is 12.0. The van der Waals surface area contributed by atoms with Gasteiger partial charge in [0, 0.05) is 23.1 Å². The zero-order chi connectivity index (χ0) is 20.5. The third-order valence-corrected chi connectivity index (χ3v) is 4.19. The third-order valence-electron chi connectivity index (χ3n) is 3.98. The number of nitrogens with one attached hydrogen (secondary N) is 3. The lowest BCUT2D eigenvalue weighted by molar-refractivity contribution is -0.115. The van der Waals surface area contributed by atoms with E-state index in [9.17, 15) is 4.79 Å². The van der Waals surface area contributed by atoms with Gasteiger partial charge in [-0.3, -0.25) is 10.1 Å². The molecule has 0 aliphatic rings. The molecule has 0 spiro atoms. The van der Waals surface area contributed by atoms with E-state index in [0.717, 1.165) is 28.4 Å². The minimum Gasteiger partial charge on any atom is -0.497 e. The molecule has 3 N–H and O–H groups in total. The Morgan fingerprint density at radius 3 is 2.14 bits per heavy atom. The highest BCUT2D eigenvalue weighted by Crippen LogP contribution is 2.18. The van der Waals surface area contributed by atoms with Crippen LogP contribution < -0.4 is 20.7 Å². The number of para-hydroxylation sites is 1. The van der Waals surface area contributed by atoms with Crippen molar-refractivity contribution in [2.24, 2.45) is 0 Å². The van der Waals surface area contributed by atoms with Gasteiger partial charge < -0.3 is 15.4 Å². The first kappa shape index (κ1) is 20.1. The molecular formula is C23H21N3O2S. The van der Waals surface area contributed by atoms with Gasteiger partial charge in [0.1, 0.15) is 5.75 Å². The average molecular weight is 404 g/mol. The second kappa shape index (κ2) is 10.1. The van der Waals surface area contributed by atoms with Gasteiger partial charge in [-0.15, -0.1) is 0 Å². The van der Waals surface area contributed by atoms with Gasteiger partial charge in [-0.1, -0.05) is 30.3 Å². The van der Waals surface area contributed by atoms with Crippen LogP contribution in [0.25, 0.3) is 6.08 Å². The molecule has 0 bridgehead atoms. The molecule has 3 aromatic carbocycles. The lowest BCUT2D eigenvalue weighted by Gasteiger charge is -2.10. The van der Waals surface area contributed by atoms with Gasteiger partial charge in [0.25, 0.3) is 0 Å². The van der Waals surface area contributed by atoms with E-state index in [4.69, 9.17) is 17.0 Å². The zero-order valence-electron chi connectivity index (χ0n) is 15.9. The normalized spacial score (nSPS) is 10.4. The molecule has 0 saturated heterocycles. The van der Waals surface area contributed by atoms with E-state index in [1.165, 1.54) is 6.08 Å². The summed E-state index contributed by atoms with van der Waals surface area (Å²) in [5.74, 6) is 0.461. The van der Waals surface area contributed by atoms with Crippen LogP contribution in [-0.2, 0) is 4.79 Å². The van der Waals surface area contributed by atoms with Crippen molar-refractivity contribution in [1.29, 1.82) is 0 Å². The van der Waals surface area contributed by atoms with Crippen LogP contribution in [0, 0.1) is 0 Å². The van der Waals surface area contributed by atoms with Crippen molar-refractivity contribution in [3.8, 4) is 5.75 Å². The molecule has 6 heteroatoms. The first-order valence-corrected chi connectivity index (χ1v) is 9.39. The van der Waals surface area contributed by atoms with Crippen molar-refractivity contribution in [1.82, 2.24) is 5.32 Å². The highest BCUT2D eigenvalue weighted by atomic mass is 32.1. The van der Waals surface area contributed by atoms with E-state index in [-0.39, 0.29) is 11.0 Å². The van der Waals surface area contributed by atoms with Gasteiger partial charge in [0.15, 0.2) is 5.11 Å². The molecule has 3 aromatic rings. The number of methoxy groups -OCH3 is 1. The van der Waals surface area contributed by atoms with Crippen molar-refractivity contribution in [3.05, 3.63) is 90.5 Å². The van der Waals surface area contributed by atoms with Gasteiger partial charge in [-0.25, -0.2) is 0 Å². The number of hydrogen-bond acceptors (Lipinski definition) is 4. The summed E-state index contributed by atoms with van der Waals surface area (Å²) in [7, 11) is 1.61. The van der Waals surface area contributed by atoms with Crippen LogP contribution in [0.4, 0.5) is 17.1 Å². The van der Waals surface area contributed by atoms with Crippen molar-refractivity contribution in [2.45, 2.75) is 0 Å². The van der Waals surface area contributed by atoms with Crippen LogP contribution in [0.5, 0.6) is 5.75 Å². The second-order valence-corrected chi connectivity index (χ2v) is 6.53. The van der Waals surface area contributed by atoms with Crippen LogP contribution in [0.2, 0.25) is 0 Å². The molecule has 0 radical (unpaired) electrons. The maximum absolute atomic E-state index is 12.0. The zero-order valence-corrected chi connectivity index (χ0v) is 16.7. The Morgan fingerprint density at radius 2 is 1.48 bits per heavy atom. The highest BCUT2D eigenvalue weighted by molar-refractivity contribution is 7.80. The first-order valence-electron chi connectivity index (χ1n) is 8.98. The lowest BCUT2D eigenvalue weighted by atomic mass is 10.2. The van der Waals surface area contributed by atoms with Crippen LogP contribution in [0.1, 0.15) is 5.56 Å². The largest absolute Gasteiger partial charge is 0.497 e. The quantitative estimate of drug-likeness (QED) is 0.401. The summed E-state index contributed by atoms with van der Waals surface area (Å²) < 4.78 is 5.11. The van der Waals surface area contributed by atoms with E-state index in [1.807, 2.05) is 78.9 Å². The summed E-state index contributed by atoms with van der Waals surface area (Å²) in [6, 6.07) is 25.0. The predicted molar refractivity (Wildman–Crippen MR) is 123 cm³/mol. The first-order chi connectivity index (χ1) is 14.1. The lowest BCUT2D eigenvalue weighted by Crippen LogP contribution is -2.32. The number of rotatable bonds is 6. The number of carbonyl (C=O) groups excluding carboxylic acids is 1. The minimum absolute atomic E-state index is 0.234. The standard InChI is InChI=1S/C23H21N3O2S/c1-28-21-14-7-17(8-15-21)9-16-22(27)26-23(29)25-20-12-10-19(11-13-20)24-18-5-3-2-4-6-18/h2-16,24H,1H3,(H2,25,26,27,29). The molecule has 3 rings (SSSR count). The summed E-state index contributed by atoms with van der Waals surface area (Å²) in [5.41, 5.74) is 3.65. The number of ether oxygens (including phenoxy) is 1. The van der Waals surface area contributed by atoms with E-state index >= 15 is 0 Å². The Balaban J connectivity index is 1.49. The second-order valence-electron chi connectivity index (χ2n) is 6.12. The molecular weight excluding hydrogens is 382 g/mol. The molecule has 0 saturated carbocycles. The van der Waals surface area contributed by atoms with Crippen molar-refractivity contribution >= 4 is 46.4 Å². The minimum atomic E-state index is -0.305. The Hall–Kier alpha value is -3.64. The van der Waals surface area contributed by atoms with E-state index in [1.54, 1.807) is 13.2 Å². The van der Waals surface area contributed by atoms with E-state index in [0.29, 0.717) is 0 Å². The highest BCUT2D eigenvalue weighted by Gasteiger charge is 2.02. The third kappa shape index (κ3) is 6.48. The number of benzene rings is 3. The summed E-state index contributed by atoms with van der Waals surface area (Å²) in [6.45, 7) is 0. The maximum Gasteiger partial charge on any atom is 0.250 e. The fourth-order valence-corrected chi connectivity index (χ4v) is 2.75. The van der Waals surface area contributed by atoms with Gasteiger partial charge in [0.05, 0.1) is 7.11 Å². The molecule has 0 atom stereocenters. The number of hydrogen-bond donors (Lipinski definition) is 3. The SMILES string of the molecule is COc1ccc(C=CC(=O)NC(=S)Nc2ccc(Nc3ccccc3)cc2)cc1. The van der Waals surface area contributed by atoms with E-state index in [2.05, 4.69) is 16.0 Å². The van der Waals surface area contributed by atoms with Crippen LogP contribution in [0.15, 0.2) is 84.9 Å². The number of carbonyl (C=O) groups is 1. The number of anilines is 3. The molecule has 1 amide bonds. The summed E-state index contributed by atoms with van der Waals surface area (Å²) in [5, 5.41) is 9.17. The van der Waals surface area contributed by atoms with Crippen LogP contribution in [0.3, 0.4) is 0 Å².